The van der Waals surface area contributed by atoms with Crippen LogP contribution in [0.25, 0.3) is 0 Å². The van der Waals surface area contributed by atoms with Crippen LogP contribution < -0.4 is 0 Å². The Morgan fingerprint density at radius 3 is 2.75 bits per heavy atom. The van der Waals surface area contributed by atoms with Gasteiger partial charge in [0.25, 0.3) is 0 Å². The molecule has 110 valence electrons. The quantitative estimate of drug-likeness (QED) is 0.621. The zero-order chi connectivity index (χ0) is 14.0. The molecule has 0 amide bonds. The van der Waals surface area contributed by atoms with Gasteiger partial charge in [0.15, 0.2) is 5.78 Å². The van der Waals surface area contributed by atoms with E-state index in [1.165, 1.54) is 44.9 Å². The van der Waals surface area contributed by atoms with Gasteiger partial charge >= 0.3 is 0 Å². The van der Waals surface area contributed by atoms with Gasteiger partial charge < -0.3 is 0 Å². The van der Waals surface area contributed by atoms with Crippen LogP contribution in [0.1, 0.15) is 65.2 Å². The van der Waals surface area contributed by atoms with Gasteiger partial charge in [-0.2, -0.15) is 0 Å². The summed E-state index contributed by atoms with van der Waals surface area (Å²) in [6.07, 6.45) is 15.2. The normalized spacial score (nSPS) is 54.2. The Labute approximate surface area is 123 Å². The van der Waals surface area contributed by atoms with Crippen molar-refractivity contribution < 1.29 is 4.79 Å². The summed E-state index contributed by atoms with van der Waals surface area (Å²) in [7, 11) is 0. The molecule has 0 aromatic carbocycles. The topological polar surface area (TPSA) is 17.1 Å². The van der Waals surface area contributed by atoms with Crippen molar-refractivity contribution in [2.24, 2.45) is 34.5 Å². The van der Waals surface area contributed by atoms with Crippen LogP contribution in [-0.4, -0.2) is 5.78 Å². The van der Waals surface area contributed by atoms with Crippen LogP contribution in [0.5, 0.6) is 0 Å². The molecule has 3 fully saturated rings. The second-order valence-corrected chi connectivity index (χ2v) is 8.50. The Bertz CT molecular complexity index is 464. The van der Waals surface area contributed by atoms with Gasteiger partial charge in [0.1, 0.15) is 0 Å². The van der Waals surface area contributed by atoms with E-state index in [2.05, 4.69) is 19.9 Å². The van der Waals surface area contributed by atoms with Crippen molar-refractivity contribution in [1.29, 1.82) is 0 Å². The Balaban J connectivity index is 1.68. The predicted molar refractivity (Wildman–Crippen MR) is 81.3 cm³/mol. The molecule has 0 bridgehead atoms. The minimum atomic E-state index is -0.0426. The molecule has 0 aliphatic heterocycles. The lowest BCUT2D eigenvalue weighted by atomic mass is 9.45. The molecule has 1 nitrogen and oxygen atoms in total. The summed E-state index contributed by atoms with van der Waals surface area (Å²) in [4.78, 5) is 12.3. The Kier molecular flexibility index (Phi) is 2.76. The molecule has 0 radical (unpaired) electrons. The van der Waals surface area contributed by atoms with Gasteiger partial charge in [-0.25, -0.2) is 0 Å². The Morgan fingerprint density at radius 1 is 1.05 bits per heavy atom. The highest BCUT2D eigenvalue weighted by atomic mass is 16.1. The second kappa shape index (κ2) is 4.21. The highest BCUT2D eigenvalue weighted by Gasteiger charge is 2.58. The van der Waals surface area contributed by atoms with Crippen LogP contribution in [0.3, 0.4) is 0 Å². The van der Waals surface area contributed by atoms with Crippen LogP contribution in [0, 0.1) is 34.5 Å². The lowest BCUT2D eigenvalue weighted by Crippen LogP contribution is -2.52. The summed E-state index contributed by atoms with van der Waals surface area (Å²) in [5.41, 5.74) is 0.543. The Morgan fingerprint density at radius 2 is 1.90 bits per heavy atom. The van der Waals surface area contributed by atoms with E-state index in [1.54, 1.807) is 0 Å². The first-order valence-electron chi connectivity index (χ1n) is 8.78. The molecule has 0 unspecified atom stereocenters. The Hall–Kier alpha value is -0.590. The van der Waals surface area contributed by atoms with Gasteiger partial charge in [-0.15, -0.1) is 0 Å². The van der Waals surface area contributed by atoms with E-state index in [1.807, 2.05) is 6.08 Å². The SMILES string of the molecule is C[C@]12CCCC[C@@H]1CC[C@@H]1[C@@H]2CC[C@]2(C)C(=O)C=C[C@@H]12. The molecule has 4 aliphatic carbocycles. The third-order valence-corrected chi connectivity index (χ3v) is 7.85. The van der Waals surface area contributed by atoms with Crippen LogP contribution in [0.2, 0.25) is 0 Å². The molecule has 0 aromatic rings. The lowest BCUT2D eigenvalue weighted by molar-refractivity contribution is -0.136. The summed E-state index contributed by atoms with van der Waals surface area (Å²) >= 11 is 0. The molecule has 4 rings (SSSR count). The third kappa shape index (κ3) is 1.53. The van der Waals surface area contributed by atoms with Crippen molar-refractivity contribution in [1.82, 2.24) is 0 Å². The minimum absolute atomic E-state index is 0.0426. The van der Waals surface area contributed by atoms with E-state index < -0.39 is 0 Å². The molecule has 20 heavy (non-hydrogen) atoms. The largest absolute Gasteiger partial charge is 0.294 e. The van der Waals surface area contributed by atoms with Gasteiger partial charge in [-0.05, 0) is 73.7 Å². The first kappa shape index (κ1) is 13.1. The molecular weight excluding hydrogens is 244 g/mol. The molecule has 0 heterocycles. The van der Waals surface area contributed by atoms with Gasteiger partial charge in [-0.1, -0.05) is 32.8 Å². The molecule has 0 N–H and O–H groups in total. The molecular formula is C19H28O. The molecule has 6 atom stereocenters. The van der Waals surface area contributed by atoms with Gasteiger partial charge in [0.05, 0.1) is 0 Å². The number of carbonyl (C=O) groups excluding carboxylic acids is 1. The smallest absolute Gasteiger partial charge is 0.161 e. The van der Waals surface area contributed by atoms with Crippen molar-refractivity contribution in [3.63, 3.8) is 0 Å². The first-order chi connectivity index (χ1) is 9.56. The molecule has 3 saturated carbocycles. The number of hydrogen-bond acceptors (Lipinski definition) is 1. The molecule has 0 saturated heterocycles. The summed E-state index contributed by atoms with van der Waals surface area (Å²) < 4.78 is 0. The first-order valence-corrected chi connectivity index (χ1v) is 8.78. The van der Waals surface area contributed by atoms with Crippen LogP contribution >= 0.6 is 0 Å². The molecule has 0 spiro atoms. The zero-order valence-electron chi connectivity index (χ0n) is 13.0. The maximum Gasteiger partial charge on any atom is 0.161 e. The minimum Gasteiger partial charge on any atom is -0.294 e. The maximum atomic E-state index is 12.3. The predicted octanol–water partition coefficient (Wildman–Crippen LogP) is 4.76. The zero-order valence-corrected chi connectivity index (χ0v) is 13.0. The maximum absolute atomic E-state index is 12.3. The van der Waals surface area contributed by atoms with Crippen molar-refractivity contribution in [2.45, 2.75) is 65.2 Å². The van der Waals surface area contributed by atoms with Crippen molar-refractivity contribution in [2.75, 3.05) is 0 Å². The van der Waals surface area contributed by atoms with Gasteiger partial charge in [-0.3, -0.25) is 4.79 Å². The van der Waals surface area contributed by atoms with Crippen LogP contribution in [0.4, 0.5) is 0 Å². The summed E-state index contributed by atoms with van der Waals surface area (Å²) in [6, 6.07) is 0. The number of allylic oxidation sites excluding steroid dienone is 2. The molecule has 4 aliphatic rings. The fraction of sp³-hybridized carbons (Fsp3) is 0.842. The average molecular weight is 272 g/mol. The average Bonchev–Trinajstić information content (AvgIpc) is 2.74. The van der Waals surface area contributed by atoms with Gasteiger partial charge in [0, 0.05) is 5.41 Å². The number of fused-ring (bicyclic) bond motifs is 5. The monoisotopic (exact) mass is 272 g/mol. The van der Waals surface area contributed by atoms with E-state index in [0.717, 1.165) is 24.2 Å². The number of hydrogen-bond donors (Lipinski definition) is 0. The number of carbonyl (C=O) groups is 1. The summed E-state index contributed by atoms with van der Waals surface area (Å²) in [5.74, 6) is 3.61. The lowest BCUT2D eigenvalue weighted by Gasteiger charge is -2.59. The van der Waals surface area contributed by atoms with Crippen molar-refractivity contribution in [3.8, 4) is 0 Å². The van der Waals surface area contributed by atoms with Crippen molar-refractivity contribution >= 4 is 5.78 Å². The van der Waals surface area contributed by atoms with Gasteiger partial charge in [0.2, 0.25) is 0 Å². The summed E-state index contributed by atoms with van der Waals surface area (Å²) in [5, 5.41) is 0. The van der Waals surface area contributed by atoms with E-state index >= 15 is 0 Å². The fourth-order valence-electron chi connectivity index (χ4n) is 6.57. The third-order valence-electron chi connectivity index (χ3n) is 7.85. The molecule has 0 aromatic heterocycles. The van der Waals surface area contributed by atoms with E-state index in [0.29, 0.717) is 17.1 Å². The molecule has 1 heteroatoms. The van der Waals surface area contributed by atoms with E-state index in [-0.39, 0.29) is 5.41 Å². The summed E-state index contributed by atoms with van der Waals surface area (Å²) in [6.45, 7) is 4.84. The highest BCUT2D eigenvalue weighted by Crippen LogP contribution is 2.64. The van der Waals surface area contributed by atoms with E-state index in [4.69, 9.17) is 0 Å². The number of ketones is 1. The standard InChI is InChI=1S/C19H28O/c1-18-11-4-3-5-13(18)6-7-14-15-8-9-17(20)19(15,2)12-10-16(14)18/h8-9,13-16H,3-7,10-12H2,1-2H3/t13-,14+,15+,16+,18+,19+/m1/s1. The fourth-order valence-corrected chi connectivity index (χ4v) is 6.57. The van der Waals surface area contributed by atoms with Crippen molar-refractivity contribution in [3.05, 3.63) is 12.2 Å². The van der Waals surface area contributed by atoms with Crippen LogP contribution in [-0.2, 0) is 4.79 Å². The second-order valence-electron chi connectivity index (χ2n) is 8.50. The van der Waals surface area contributed by atoms with Crippen LogP contribution in [0.15, 0.2) is 12.2 Å². The van der Waals surface area contributed by atoms with E-state index in [9.17, 15) is 4.79 Å². The number of rotatable bonds is 0. The highest BCUT2D eigenvalue weighted by molar-refractivity contribution is 5.97.